The Hall–Kier alpha value is -1.18. The maximum absolute atomic E-state index is 5.37. The van der Waals surface area contributed by atoms with Crippen LogP contribution in [0, 0.1) is 5.92 Å². The fourth-order valence-corrected chi connectivity index (χ4v) is 0.707. The second kappa shape index (κ2) is 4.61. The lowest BCUT2D eigenvalue weighted by molar-refractivity contribution is 0.786. The average Bonchev–Trinajstić information content (AvgIpc) is 1.98. The van der Waals surface area contributed by atoms with Gasteiger partial charge < -0.3 is 11.5 Å². The largest absolute Gasteiger partial charge is 0.405 e. The molecule has 0 saturated carbocycles. The summed E-state index contributed by atoms with van der Waals surface area (Å²) in [5.74, 6) is 0.404. The molecule has 0 radical (unpaired) electrons. The van der Waals surface area contributed by atoms with E-state index >= 15 is 0 Å². The highest BCUT2D eigenvalue weighted by Crippen LogP contribution is 2.16. The quantitative estimate of drug-likeness (QED) is 0.602. The van der Waals surface area contributed by atoms with Crippen LogP contribution in [0.15, 0.2) is 36.2 Å². The smallest absolute Gasteiger partial charge is 0.00147 e. The van der Waals surface area contributed by atoms with Gasteiger partial charge in [-0.1, -0.05) is 20.4 Å². The Morgan fingerprint density at radius 1 is 1.36 bits per heavy atom. The SMILES string of the molecule is C=C(C(/C=C\N)=C/N)C(C)C. The Bertz CT molecular complexity index is 188. The predicted octanol–water partition coefficient (Wildman–Crippen LogP) is 1.51. The molecule has 0 aliphatic heterocycles. The van der Waals surface area contributed by atoms with Gasteiger partial charge in [-0.15, -0.1) is 0 Å². The fourth-order valence-electron chi connectivity index (χ4n) is 0.707. The minimum absolute atomic E-state index is 0.404. The van der Waals surface area contributed by atoms with Crippen molar-refractivity contribution in [2.45, 2.75) is 13.8 Å². The summed E-state index contributed by atoms with van der Waals surface area (Å²) in [5.41, 5.74) is 12.5. The van der Waals surface area contributed by atoms with E-state index in [0.29, 0.717) is 5.92 Å². The van der Waals surface area contributed by atoms with E-state index in [-0.39, 0.29) is 0 Å². The molecule has 0 aliphatic rings. The van der Waals surface area contributed by atoms with Gasteiger partial charge in [0, 0.05) is 6.20 Å². The number of nitrogens with two attached hydrogens (primary N) is 2. The van der Waals surface area contributed by atoms with E-state index in [1.54, 1.807) is 6.08 Å². The predicted molar refractivity (Wildman–Crippen MR) is 49.6 cm³/mol. The van der Waals surface area contributed by atoms with Crippen molar-refractivity contribution in [3.63, 3.8) is 0 Å². The molecule has 62 valence electrons. The van der Waals surface area contributed by atoms with Crippen LogP contribution in [-0.2, 0) is 0 Å². The van der Waals surface area contributed by atoms with E-state index in [9.17, 15) is 0 Å². The monoisotopic (exact) mass is 152 g/mol. The first-order valence-electron chi connectivity index (χ1n) is 3.62. The van der Waals surface area contributed by atoms with Crippen LogP contribution in [-0.4, -0.2) is 0 Å². The van der Waals surface area contributed by atoms with Crippen LogP contribution < -0.4 is 11.5 Å². The molecule has 2 nitrogen and oxygen atoms in total. The minimum Gasteiger partial charge on any atom is -0.405 e. The van der Waals surface area contributed by atoms with Crippen molar-refractivity contribution < 1.29 is 0 Å². The molecule has 0 heterocycles. The highest BCUT2D eigenvalue weighted by Gasteiger charge is 2.02. The summed E-state index contributed by atoms with van der Waals surface area (Å²) in [6, 6.07) is 0. The summed E-state index contributed by atoms with van der Waals surface area (Å²) in [5, 5.41) is 0. The molecule has 0 atom stereocenters. The van der Waals surface area contributed by atoms with Crippen LogP contribution in [0.3, 0.4) is 0 Å². The van der Waals surface area contributed by atoms with Crippen molar-refractivity contribution in [1.29, 1.82) is 0 Å². The third-order valence-electron chi connectivity index (χ3n) is 1.52. The molecular weight excluding hydrogens is 136 g/mol. The van der Waals surface area contributed by atoms with Crippen LogP contribution in [0.4, 0.5) is 0 Å². The van der Waals surface area contributed by atoms with Crippen LogP contribution in [0.1, 0.15) is 13.8 Å². The number of hydrogen-bond acceptors (Lipinski definition) is 2. The lowest BCUT2D eigenvalue weighted by Crippen LogP contribution is -1.98. The van der Waals surface area contributed by atoms with Gasteiger partial charge in [0.2, 0.25) is 0 Å². The molecule has 4 N–H and O–H groups in total. The molecule has 0 unspecified atom stereocenters. The van der Waals surface area contributed by atoms with Crippen molar-refractivity contribution in [2.75, 3.05) is 0 Å². The van der Waals surface area contributed by atoms with Crippen molar-refractivity contribution in [2.24, 2.45) is 17.4 Å². The molecule has 0 aromatic heterocycles. The lowest BCUT2D eigenvalue weighted by atomic mass is 9.98. The maximum atomic E-state index is 5.37. The van der Waals surface area contributed by atoms with E-state index in [4.69, 9.17) is 11.5 Å². The van der Waals surface area contributed by atoms with Gasteiger partial charge in [-0.05, 0) is 29.3 Å². The normalized spacial score (nSPS) is 12.8. The first-order valence-corrected chi connectivity index (χ1v) is 3.62. The van der Waals surface area contributed by atoms with Gasteiger partial charge >= 0.3 is 0 Å². The summed E-state index contributed by atoms with van der Waals surface area (Å²) in [6.45, 7) is 8.02. The molecule has 0 saturated heterocycles. The van der Waals surface area contributed by atoms with Crippen LogP contribution in [0.25, 0.3) is 0 Å². The Labute approximate surface area is 68.3 Å². The molecule has 0 spiro atoms. The van der Waals surface area contributed by atoms with E-state index in [1.165, 1.54) is 12.4 Å². The maximum Gasteiger partial charge on any atom is 0.00147 e. The Morgan fingerprint density at radius 3 is 2.18 bits per heavy atom. The molecule has 2 heteroatoms. The van der Waals surface area contributed by atoms with E-state index in [1.807, 2.05) is 0 Å². The van der Waals surface area contributed by atoms with Crippen LogP contribution >= 0.6 is 0 Å². The van der Waals surface area contributed by atoms with Gasteiger partial charge in [0.25, 0.3) is 0 Å². The zero-order chi connectivity index (χ0) is 8.85. The third kappa shape index (κ3) is 2.94. The second-order valence-electron chi connectivity index (χ2n) is 2.66. The number of allylic oxidation sites excluding steroid dienone is 3. The van der Waals surface area contributed by atoms with Gasteiger partial charge in [0.15, 0.2) is 0 Å². The van der Waals surface area contributed by atoms with Crippen LogP contribution in [0.5, 0.6) is 0 Å². The van der Waals surface area contributed by atoms with Gasteiger partial charge in [-0.3, -0.25) is 0 Å². The van der Waals surface area contributed by atoms with Gasteiger partial charge in [-0.25, -0.2) is 0 Å². The standard InChI is InChI=1S/C9H16N2/c1-7(2)8(3)9(6-11)4-5-10/h4-7H,3,10-11H2,1-2H3/b5-4-,9-6+. The molecule has 0 amide bonds. The second-order valence-corrected chi connectivity index (χ2v) is 2.66. The number of hydrogen-bond donors (Lipinski definition) is 2. The van der Waals surface area contributed by atoms with Gasteiger partial charge in [-0.2, -0.15) is 0 Å². The van der Waals surface area contributed by atoms with Gasteiger partial charge in [0.1, 0.15) is 0 Å². The topological polar surface area (TPSA) is 52.0 Å². The summed E-state index contributed by atoms with van der Waals surface area (Å²) >= 11 is 0. The van der Waals surface area contributed by atoms with Crippen molar-refractivity contribution in [3.8, 4) is 0 Å². The summed E-state index contributed by atoms with van der Waals surface area (Å²) in [6.07, 6.45) is 4.74. The molecule has 0 aliphatic carbocycles. The summed E-state index contributed by atoms with van der Waals surface area (Å²) in [7, 11) is 0. The third-order valence-corrected chi connectivity index (χ3v) is 1.52. The molecular formula is C9H16N2. The first kappa shape index (κ1) is 9.82. The van der Waals surface area contributed by atoms with Crippen LogP contribution in [0.2, 0.25) is 0 Å². The van der Waals surface area contributed by atoms with Crippen molar-refractivity contribution in [3.05, 3.63) is 36.2 Å². The summed E-state index contributed by atoms with van der Waals surface area (Å²) in [4.78, 5) is 0. The Morgan fingerprint density at radius 2 is 1.91 bits per heavy atom. The molecule has 0 aromatic carbocycles. The zero-order valence-corrected chi connectivity index (χ0v) is 7.17. The molecule has 0 bridgehead atoms. The van der Waals surface area contributed by atoms with Crippen molar-refractivity contribution >= 4 is 0 Å². The molecule has 0 rings (SSSR count). The Balaban J connectivity index is 4.41. The minimum atomic E-state index is 0.404. The van der Waals surface area contributed by atoms with E-state index in [2.05, 4.69) is 20.4 Å². The fraction of sp³-hybridized carbons (Fsp3) is 0.333. The zero-order valence-electron chi connectivity index (χ0n) is 7.17. The highest BCUT2D eigenvalue weighted by molar-refractivity contribution is 5.37. The first-order chi connectivity index (χ1) is 5.13. The molecule has 11 heavy (non-hydrogen) atoms. The molecule has 0 aromatic rings. The summed E-state index contributed by atoms with van der Waals surface area (Å²) < 4.78 is 0. The number of rotatable bonds is 3. The van der Waals surface area contributed by atoms with Gasteiger partial charge in [0.05, 0.1) is 0 Å². The van der Waals surface area contributed by atoms with Crippen molar-refractivity contribution in [1.82, 2.24) is 0 Å². The Kier molecular flexibility index (Phi) is 4.11. The average molecular weight is 152 g/mol. The molecule has 0 fully saturated rings. The van der Waals surface area contributed by atoms with E-state index < -0.39 is 0 Å². The van der Waals surface area contributed by atoms with E-state index in [0.717, 1.165) is 11.1 Å². The highest BCUT2D eigenvalue weighted by atomic mass is 14.5. The lowest BCUT2D eigenvalue weighted by Gasteiger charge is -2.08.